The lowest BCUT2D eigenvalue weighted by Crippen LogP contribution is -2.36. The fourth-order valence-corrected chi connectivity index (χ4v) is 1.92. The first-order valence-corrected chi connectivity index (χ1v) is 6.11. The standard InChI is InChI=1S/C14H17N3O2/c1-11(16-14(18)17-8-7-15-10-17)9-12-5-3-4-6-13(12)19-2/h3-8,10-11H,9H2,1-2H3,(H,16,18). The Kier molecular flexibility index (Phi) is 4.18. The van der Waals surface area contributed by atoms with E-state index in [1.54, 1.807) is 19.5 Å². The van der Waals surface area contributed by atoms with E-state index < -0.39 is 0 Å². The summed E-state index contributed by atoms with van der Waals surface area (Å²) < 4.78 is 6.71. The molecule has 1 unspecified atom stereocenters. The number of aromatic nitrogens is 2. The fourth-order valence-electron chi connectivity index (χ4n) is 1.92. The molecule has 5 heteroatoms. The van der Waals surface area contributed by atoms with Crippen LogP contribution in [0.5, 0.6) is 5.75 Å². The van der Waals surface area contributed by atoms with Crippen LogP contribution in [0.2, 0.25) is 0 Å². The minimum atomic E-state index is -0.181. The molecule has 1 aromatic carbocycles. The van der Waals surface area contributed by atoms with Crippen molar-refractivity contribution < 1.29 is 9.53 Å². The van der Waals surface area contributed by atoms with Gasteiger partial charge in [-0.2, -0.15) is 0 Å². The highest BCUT2D eigenvalue weighted by molar-refractivity contribution is 5.76. The van der Waals surface area contributed by atoms with Crippen LogP contribution in [0.4, 0.5) is 4.79 Å². The van der Waals surface area contributed by atoms with Gasteiger partial charge in [-0.1, -0.05) is 18.2 Å². The monoisotopic (exact) mass is 259 g/mol. The SMILES string of the molecule is COc1ccccc1CC(C)NC(=O)n1ccnc1. The molecule has 0 spiro atoms. The maximum Gasteiger partial charge on any atom is 0.327 e. The Morgan fingerprint density at radius 2 is 2.26 bits per heavy atom. The highest BCUT2D eigenvalue weighted by atomic mass is 16.5. The minimum absolute atomic E-state index is 0.00574. The Morgan fingerprint density at radius 3 is 2.95 bits per heavy atom. The van der Waals surface area contributed by atoms with E-state index in [2.05, 4.69) is 10.3 Å². The van der Waals surface area contributed by atoms with Crippen LogP contribution in [0.3, 0.4) is 0 Å². The van der Waals surface area contributed by atoms with Gasteiger partial charge in [0.25, 0.3) is 0 Å². The Labute approximate surface area is 112 Å². The number of rotatable bonds is 4. The maximum absolute atomic E-state index is 11.8. The molecule has 1 atom stereocenters. The van der Waals surface area contributed by atoms with Gasteiger partial charge in [0.2, 0.25) is 0 Å². The van der Waals surface area contributed by atoms with Crippen LogP contribution in [-0.4, -0.2) is 28.7 Å². The second kappa shape index (κ2) is 6.04. The average Bonchev–Trinajstić information content (AvgIpc) is 2.93. The van der Waals surface area contributed by atoms with Gasteiger partial charge in [-0.05, 0) is 25.0 Å². The van der Waals surface area contributed by atoms with E-state index in [1.807, 2.05) is 31.2 Å². The molecule has 1 aromatic heterocycles. The van der Waals surface area contributed by atoms with Gasteiger partial charge in [0.1, 0.15) is 12.1 Å². The second-order valence-corrected chi connectivity index (χ2v) is 4.34. The number of hydrogen-bond donors (Lipinski definition) is 1. The lowest BCUT2D eigenvalue weighted by Gasteiger charge is -2.15. The maximum atomic E-state index is 11.8. The van der Waals surface area contributed by atoms with Gasteiger partial charge in [0, 0.05) is 18.4 Å². The zero-order chi connectivity index (χ0) is 13.7. The number of benzene rings is 1. The summed E-state index contributed by atoms with van der Waals surface area (Å²) in [6, 6.07) is 7.63. The van der Waals surface area contributed by atoms with Crippen molar-refractivity contribution in [3.05, 3.63) is 48.5 Å². The lowest BCUT2D eigenvalue weighted by atomic mass is 10.1. The first-order chi connectivity index (χ1) is 9.20. The molecule has 0 saturated carbocycles. The van der Waals surface area contributed by atoms with Crippen molar-refractivity contribution in [3.8, 4) is 5.75 Å². The Morgan fingerprint density at radius 1 is 1.47 bits per heavy atom. The van der Waals surface area contributed by atoms with Crippen LogP contribution in [0, 0.1) is 0 Å². The van der Waals surface area contributed by atoms with Gasteiger partial charge in [0.05, 0.1) is 7.11 Å². The van der Waals surface area contributed by atoms with Crippen LogP contribution < -0.4 is 10.1 Å². The summed E-state index contributed by atoms with van der Waals surface area (Å²) in [5.74, 6) is 0.839. The normalized spacial score (nSPS) is 11.9. The van der Waals surface area contributed by atoms with Gasteiger partial charge >= 0.3 is 6.03 Å². The van der Waals surface area contributed by atoms with Crippen molar-refractivity contribution in [2.75, 3.05) is 7.11 Å². The van der Waals surface area contributed by atoms with E-state index in [4.69, 9.17) is 4.74 Å². The Balaban J connectivity index is 1.97. The molecular formula is C14H17N3O2. The molecule has 5 nitrogen and oxygen atoms in total. The van der Waals surface area contributed by atoms with Crippen LogP contribution in [-0.2, 0) is 6.42 Å². The van der Waals surface area contributed by atoms with Crippen molar-refractivity contribution >= 4 is 6.03 Å². The molecule has 1 N–H and O–H groups in total. The number of carbonyl (C=O) groups is 1. The molecule has 0 radical (unpaired) electrons. The molecule has 0 fully saturated rings. The van der Waals surface area contributed by atoms with Gasteiger partial charge in [-0.3, -0.25) is 4.57 Å². The predicted molar refractivity (Wildman–Crippen MR) is 72.3 cm³/mol. The number of methoxy groups -OCH3 is 1. The third-order valence-electron chi connectivity index (χ3n) is 2.83. The summed E-state index contributed by atoms with van der Waals surface area (Å²) in [6.45, 7) is 1.96. The number of hydrogen-bond acceptors (Lipinski definition) is 3. The number of ether oxygens (including phenoxy) is 1. The highest BCUT2D eigenvalue weighted by Gasteiger charge is 2.11. The van der Waals surface area contributed by atoms with Crippen molar-refractivity contribution in [1.29, 1.82) is 0 Å². The summed E-state index contributed by atoms with van der Waals surface area (Å²) in [6.07, 6.45) is 5.38. The van der Waals surface area contributed by atoms with Gasteiger partial charge < -0.3 is 10.1 Å². The zero-order valence-corrected chi connectivity index (χ0v) is 11.0. The van der Waals surface area contributed by atoms with Crippen LogP contribution in [0.1, 0.15) is 12.5 Å². The smallest absolute Gasteiger partial charge is 0.327 e. The molecule has 0 aliphatic rings. The summed E-state index contributed by atoms with van der Waals surface area (Å²) in [4.78, 5) is 15.7. The van der Waals surface area contributed by atoms with E-state index in [0.29, 0.717) is 6.42 Å². The molecular weight excluding hydrogens is 242 g/mol. The molecule has 0 aliphatic carbocycles. The molecule has 2 aromatic rings. The lowest BCUT2D eigenvalue weighted by molar-refractivity contribution is 0.239. The first-order valence-electron chi connectivity index (χ1n) is 6.11. The average molecular weight is 259 g/mol. The molecule has 2 rings (SSSR count). The third-order valence-corrected chi connectivity index (χ3v) is 2.83. The van der Waals surface area contributed by atoms with E-state index in [9.17, 15) is 4.79 Å². The van der Waals surface area contributed by atoms with Crippen molar-refractivity contribution in [3.63, 3.8) is 0 Å². The number of nitrogens with one attached hydrogen (secondary N) is 1. The molecule has 1 amide bonds. The fraction of sp³-hybridized carbons (Fsp3) is 0.286. The molecule has 1 heterocycles. The summed E-state index contributed by atoms with van der Waals surface area (Å²) >= 11 is 0. The Bertz CT molecular complexity index is 537. The van der Waals surface area contributed by atoms with E-state index in [0.717, 1.165) is 11.3 Å². The van der Waals surface area contributed by atoms with Crippen LogP contribution in [0.25, 0.3) is 0 Å². The Hall–Kier alpha value is -2.30. The van der Waals surface area contributed by atoms with Crippen LogP contribution in [0.15, 0.2) is 43.0 Å². The second-order valence-electron chi connectivity index (χ2n) is 4.34. The summed E-state index contributed by atoms with van der Waals surface area (Å²) in [7, 11) is 1.65. The largest absolute Gasteiger partial charge is 0.496 e. The number of imidazole rings is 1. The van der Waals surface area contributed by atoms with E-state index in [-0.39, 0.29) is 12.1 Å². The van der Waals surface area contributed by atoms with E-state index in [1.165, 1.54) is 10.9 Å². The zero-order valence-electron chi connectivity index (χ0n) is 11.0. The predicted octanol–water partition coefficient (Wildman–Crippen LogP) is 2.08. The van der Waals surface area contributed by atoms with Gasteiger partial charge in [-0.15, -0.1) is 0 Å². The highest BCUT2D eigenvalue weighted by Crippen LogP contribution is 2.18. The van der Waals surface area contributed by atoms with E-state index >= 15 is 0 Å². The van der Waals surface area contributed by atoms with Gasteiger partial charge in [-0.25, -0.2) is 9.78 Å². The van der Waals surface area contributed by atoms with Crippen molar-refractivity contribution in [1.82, 2.24) is 14.9 Å². The summed E-state index contributed by atoms with van der Waals surface area (Å²) in [5, 5.41) is 2.91. The van der Waals surface area contributed by atoms with Crippen LogP contribution >= 0.6 is 0 Å². The molecule has 0 saturated heterocycles. The molecule has 19 heavy (non-hydrogen) atoms. The van der Waals surface area contributed by atoms with Crippen molar-refractivity contribution in [2.45, 2.75) is 19.4 Å². The third kappa shape index (κ3) is 3.34. The topological polar surface area (TPSA) is 56.1 Å². The molecule has 0 aliphatic heterocycles. The van der Waals surface area contributed by atoms with Gasteiger partial charge in [0.15, 0.2) is 0 Å². The number of carbonyl (C=O) groups excluding carboxylic acids is 1. The first kappa shape index (κ1) is 13.1. The molecule has 100 valence electrons. The number of amides is 1. The summed E-state index contributed by atoms with van der Waals surface area (Å²) in [5.41, 5.74) is 1.07. The van der Waals surface area contributed by atoms with Crippen molar-refractivity contribution in [2.24, 2.45) is 0 Å². The molecule has 0 bridgehead atoms. The number of nitrogens with zero attached hydrogens (tertiary/aromatic N) is 2. The number of para-hydroxylation sites is 1. The minimum Gasteiger partial charge on any atom is -0.496 e. The quantitative estimate of drug-likeness (QED) is 0.914.